The number of benzene rings is 2. The molecule has 9 heteroatoms. The highest BCUT2D eigenvalue weighted by Crippen LogP contribution is 2.53. The normalized spacial score (nSPS) is 24.4. The number of carbonyl (C=O) groups excluding carboxylic acids is 1. The molecule has 4 unspecified atom stereocenters. The zero-order valence-corrected chi connectivity index (χ0v) is 18.7. The Hall–Kier alpha value is -2.78. The topological polar surface area (TPSA) is 65.6 Å². The van der Waals surface area contributed by atoms with E-state index >= 15 is 0 Å². The average Bonchev–Trinajstić information content (AvgIpc) is 2.77. The fraction of sp³-hybridized carbons (Fsp3) is 0.458. The van der Waals surface area contributed by atoms with Crippen molar-refractivity contribution < 1.29 is 22.7 Å². The largest absolute Gasteiger partial charge is 0.416 e. The summed E-state index contributed by atoms with van der Waals surface area (Å²) in [6.07, 6.45) is -4.87. The van der Waals surface area contributed by atoms with E-state index in [4.69, 9.17) is 4.74 Å². The van der Waals surface area contributed by atoms with Crippen molar-refractivity contribution in [3.05, 3.63) is 65.2 Å². The second-order valence-electron chi connectivity index (χ2n) is 8.79. The molecule has 1 saturated heterocycles. The molecule has 2 heterocycles. The molecule has 0 aliphatic carbocycles. The van der Waals surface area contributed by atoms with Gasteiger partial charge >= 0.3 is 12.2 Å². The Morgan fingerprint density at radius 1 is 1.12 bits per heavy atom. The van der Waals surface area contributed by atoms with Gasteiger partial charge in [-0.05, 0) is 44.6 Å². The molecule has 4 atom stereocenters. The molecule has 0 radical (unpaired) electrons. The van der Waals surface area contributed by atoms with Crippen LogP contribution >= 0.6 is 0 Å². The maximum Gasteiger partial charge on any atom is 0.416 e. The average molecular weight is 463 g/mol. The first kappa shape index (κ1) is 23.4. The van der Waals surface area contributed by atoms with Gasteiger partial charge in [-0.25, -0.2) is 4.79 Å². The van der Waals surface area contributed by atoms with E-state index in [0.29, 0.717) is 31.6 Å². The number of urea groups is 1. The summed E-state index contributed by atoms with van der Waals surface area (Å²) in [5, 5.41) is 8.87. The number of hydrogen-bond donors (Lipinski definition) is 3. The summed E-state index contributed by atoms with van der Waals surface area (Å²) in [5.74, 6) is -0.210. The highest BCUT2D eigenvalue weighted by molar-refractivity contribution is 5.74. The van der Waals surface area contributed by atoms with Crippen molar-refractivity contribution in [2.45, 2.75) is 37.4 Å². The smallest absolute Gasteiger partial charge is 0.378 e. The van der Waals surface area contributed by atoms with Crippen molar-refractivity contribution >= 4 is 11.7 Å². The number of nitrogens with zero attached hydrogens (tertiary/aromatic N) is 1. The number of fused-ring (bicyclic) bond motifs is 3. The Bertz CT molecular complexity index is 968. The fourth-order valence-corrected chi connectivity index (χ4v) is 4.67. The van der Waals surface area contributed by atoms with Crippen LogP contribution in [0, 0.1) is 5.92 Å². The molecule has 178 valence electrons. The minimum atomic E-state index is -4.51. The van der Waals surface area contributed by atoms with Crippen LogP contribution in [0.25, 0.3) is 0 Å². The van der Waals surface area contributed by atoms with Crippen LogP contribution < -0.4 is 16.0 Å². The van der Waals surface area contributed by atoms with E-state index in [1.807, 2.05) is 49.3 Å². The van der Waals surface area contributed by atoms with E-state index in [9.17, 15) is 18.0 Å². The summed E-state index contributed by atoms with van der Waals surface area (Å²) in [4.78, 5) is 14.2. The second kappa shape index (κ2) is 9.61. The zero-order chi connectivity index (χ0) is 23.6. The van der Waals surface area contributed by atoms with Gasteiger partial charge in [0.15, 0.2) is 0 Å². The van der Waals surface area contributed by atoms with Gasteiger partial charge < -0.3 is 25.6 Å². The van der Waals surface area contributed by atoms with Crippen LogP contribution in [-0.2, 0) is 10.9 Å². The summed E-state index contributed by atoms with van der Waals surface area (Å²) < 4.78 is 47.9. The molecule has 0 bridgehead atoms. The fourth-order valence-electron chi connectivity index (χ4n) is 4.67. The molecule has 2 amide bonds. The van der Waals surface area contributed by atoms with Gasteiger partial charge in [-0.15, -0.1) is 0 Å². The van der Waals surface area contributed by atoms with Crippen LogP contribution in [0.4, 0.5) is 23.7 Å². The lowest BCUT2D eigenvalue weighted by atomic mass is 9.76. The molecule has 2 aromatic rings. The first-order chi connectivity index (χ1) is 15.7. The van der Waals surface area contributed by atoms with Gasteiger partial charge in [-0.3, -0.25) is 0 Å². The van der Waals surface area contributed by atoms with Crippen LogP contribution in [0.1, 0.15) is 41.7 Å². The molecular weight excluding hydrogens is 433 g/mol. The lowest BCUT2D eigenvalue weighted by Gasteiger charge is -2.46. The molecule has 33 heavy (non-hydrogen) atoms. The Kier molecular flexibility index (Phi) is 6.81. The molecule has 0 spiro atoms. The van der Waals surface area contributed by atoms with Gasteiger partial charge in [-0.1, -0.05) is 36.4 Å². The number of ether oxygens (including phenoxy) is 1. The number of hydrogen-bond acceptors (Lipinski definition) is 4. The number of amides is 2. The van der Waals surface area contributed by atoms with E-state index < -0.39 is 30.1 Å². The molecule has 2 aliphatic rings. The Morgan fingerprint density at radius 2 is 1.88 bits per heavy atom. The number of carbonyl (C=O) groups is 1. The maximum absolute atomic E-state index is 13.9. The van der Waals surface area contributed by atoms with Crippen molar-refractivity contribution in [2.75, 3.05) is 32.5 Å². The number of nitrogens with one attached hydrogen (secondary N) is 3. The summed E-state index contributed by atoms with van der Waals surface area (Å²) >= 11 is 0. The maximum atomic E-state index is 13.9. The van der Waals surface area contributed by atoms with Crippen molar-refractivity contribution in [1.82, 2.24) is 15.5 Å². The zero-order valence-electron chi connectivity index (χ0n) is 18.7. The second-order valence-corrected chi connectivity index (χ2v) is 8.79. The van der Waals surface area contributed by atoms with E-state index in [1.165, 1.54) is 6.07 Å². The van der Waals surface area contributed by atoms with Crippen LogP contribution in [-0.4, -0.2) is 44.3 Å². The molecule has 3 N–H and O–H groups in total. The lowest BCUT2D eigenvalue weighted by molar-refractivity contribution is -0.144. The van der Waals surface area contributed by atoms with Crippen LogP contribution in [0.3, 0.4) is 0 Å². The standard InChI is InChI=1S/C24H29F3N4O2/c1-31(2)14-13-28-23(32)30-19-12-11-16-21(15-7-4-3-5-8-15)29-18-10-6-9-17(24(25,26)27)20(18)22(16)33-19/h3-10,16,19,21-22,29H,11-14H2,1-2H3,(H2,28,30,32). The number of anilines is 1. The van der Waals surface area contributed by atoms with E-state index in [0.717, 1.165) is 11.6 Å². The van der Waals surface area contributed by atoms with Gasteiger partial charge in [0.2, 0.25) is 0 Å². The summed E-state index contributed by atoms with van der Waals surface area (Å²) in [5.41, 5.74) is 0.815. The first-order valence-corrected chi connectivity index (χ1v) is 11.1. The van der Waals surface area contributed by atoms with E-state index in [1.54, 1.807) is 6.07 Å². The minimum absolute atomic E-state index is 0.113. The third-order valence-electron chi connectivity index (χ3n) is 6.19. The third-order valence-corrected chi connectivity index (χ3v) is 6.19. The Balaban J connectivity index is 1.61. The summed E-state index contributed by atoms with van der Waals surface area (Å²) in [7, 11) is 3.81. The number of likely N-dealkylation sites (N-methyl/N-ethyl adjacent to an activating group) is 1. The first-order valence-electron chi connectivity index (χ1n) is 11.1. The Morgan fingerprint density at radius 3 is 2.58 bits per heavy atom. The molecule has 2 aromatic carbocycles. The van der Waals surface area contributed by atoms with Crippen LogP contribution in [0.5, 0.6) is 0 Å². The van der Waals surface area contributed by atoms with Crippen molar-refractivity contribution in [2.24, 2.45) is 5.92 Å². The SMILES string of the molecule is CN(C)CCNC(=O)NC1CCC2C(c3ccccc3)Nc3cccc(C(F)(F)F)c3C2O1. The van der Waals surface area contributed by atoms with Gasteiger partial charge in [0.05, 0.1) is 17.7 Å². The van der Waals surface area contributed by atoms with Crippen molar-refractivity contribution in [1.29, 1.82) is 0 Å². The predicted molar refractivity (Wildman–Crippen MR) is 120 cm³/mol. The van der Waals surface area contributed by atoms with Crippen molar-refractivity contribution in [3.8, 4) is 0 Å². The van der Waals surface area contributed by atoms with Gasteiger partial charge in [-0.2, -0.15) is 13.2 Å². The van der Waals surface area contributed by atoms with E-state index in [-0.39, 0.29) is 17.5 Å². The number of halogens is 3. The van der Waals surface area contributed by atoms with Gasteiger partial charge in [0, 0.05) is 30.3 Å². The highest BCUT2D eigenvalue weighted by Gasteiger charge is 2.47. The Labute approximate surface area is 191 Å². The third kappa shape index (κ3) is 5.25. The monoisotopic (exact) mass is 462 g/mol. The van der Waals surface area contributed by atoms with Gasteiger partial charge in [0.1, 0.15) is 6.23 Å². The molecule has 4 rings (SSSR count). The minimum Gasteiger partial charge on any atom is -0.378 e. The number of rotatable bonds is 5. The summed E-state index contributed by atoms with van der Waals surface area (Å²) in [6, 6.07) is 13.3. The van der Waals surface area contributed by atoms with Crippen molar-refractivity contribution in [3.63, 3.8) is 0 Å². The van der Waals surface area contributed by atoms with Crippen LogP contribution in [0.15, 0.2) is 48.5 Å². The number of alkyl halides is 3. The molecular formula is C24H29F3N4O2. The van der Waals surface area contributed by atoms with E-state index in [2.05, 4.69) is 16.0 Å². The summed E-state index contributed by atoms with van der Waals surface area (Å²) in [6.45, 7) is 1.13. The highest BCUT2D eigenvalue weighted by atomic mass is 19.4. The molecule has 2 aliphatic heterocycles. The lowest BCUT2D eigenvalue weighted by Crippen LogP contribution is -2.49. The molecule has 0 saturated carbocycles. The molecule has 1 fully saturated rings. The van der Waals surface area contributed by atoms with Gasteiger partial charge in [0.25, 0.3) is 0 Å². The molecule has 0 aromatic heterocycles. The quantitative estimate of drug-likeness (QED) is 0.611. The van der Waals surface area contributed by atoms with Crippen LogP contribution in [0.2, 0.25) is 0 Å². The molecule has 6 nitrogen and oxygen atoms in total. The predicted octanol–water partition coefficient (Wildman–Crippen LogP) is 4.53.